The Morgan fingerprint density at radius 3 is 2.70 bits per heavy atom. The molecule has 1 aromatic carbocycles. The number of nitrogens with zero attached hydrogens (tertiary/aromatic N) is 2. The number of rotatable bonds is 10. The number of aromatic nitrogens is 1. The summed E-state index contributed by atoms with van der Waals surface area (Å²) in [5, 5.41) is 6.28. The van der Waals surface area contributed by atoms with Crippen molar-refractivity contribution in [3.63, 3.8) is 0 Å². The highest BCUT2D eigenvalue weighted by atomic mass is 19.3. The van der Waals surface area contributed by atoms with E-state index in [2.05, 4.69) is 25.3 Å². The van der Waals surface area contributed by atoms with Crippen LogP contribution >= 0.6 is 0 Å². The van der Waals surface area contributed by atoms with Crippen LogP contribution in [0.15, 0.2) is 41.5 Å². The number of guanidine groups is 1. The summed E-state index contributed by atoms with van der Waals surface area (Å²) >= 11 is 0. The fraction of sp³-hybridized carbons (Fsp3) is 0.429. The number of pyridine rings is 1. The topological polar surface area (TPSA) is 77.0 Å². The van der Waals surface area contributed by atoms with Crippen molar-refractivity contribution in [3.05, 3.63) is 47.7 Å². The van der Waals surface area contributed by atoms with Gasteiger partial charge in [0.15, 0.2) is 5.96 Å². The Kier molecular flexibility index (Phi) is 7.64. The molecule has 1 heterocycles. The first-order chi connectivity index (χ1) is 14.6. The molecule has 0 atom stereocenters. The number of benzene rings is 1. The van der Waals surface area contributed by atoms with E-state index in [0.717, 1.165) is 5.56 Å². The van der Waals surface area contributed by atoms with Crippen molar-refractivity contribution >= 4 is 5.96 Å². The van der Waals surface area contributed by atoms with Gasteiger partial charge in [-0.2, -0.15) is 8.78 Å². The summed E-state index contributed by atoms with van der Waals surface area (Å²) in [5.74, 6) is 2.41. The van der Waals surface area contributed by atoms with Crippen LogP contribution in [0, 0.1) is 5.92 Å². The van der Waals surface area contributed by atoms with E-state index in [0.29, 0.717) is 42.2 Å². The smallest absolute Gasteiger partial charge is 0.387 e. The molecular weight excluding hydrogens is 394 g/mol. The molecule has 2 N–H and O–H groups in total. The third-order valence-corrected chi connectivity index (χ3v) is 4.58. The molecular formula is C21H26F2N4O3. The zero-order chi connectivity index (χ0) is 21.3. The molecule has 0 saturated heterocycles. The van der Waals surface area contributed by atoms with Crippen molar-refractivity contribution in [2.24, 2.45) is 10.9 Å². The number of halogens is 2. The molecule has 0 radical (unpaired) electrons. The van der Waals surface area contributed by atoms with E-state index in [1.807, 2.05) is 12.1 Å². The molecule has 2 aromatic rings. The molecule has 1 aliphatic rings. The lowest BCUT2D eigenvalue weighted by atomic mass is 10.2. The zero-order valence-corrected chi connectivity index (χ0v) is 17.0. The number of hydrogen-bond donors (Lipinski definition) is 2. The van der Waals surface area contributed by atoms with Crippen LogP contribution in [-0.2, 0) is 13.1 Å². The van der Waals surface area contributed by atoms with Gasteiger partial charge in [-0.1, -0.05) is 0 Å². The van der Waals surface area contributed by atoms with Gasteiger partial charge in [-0.15, -0.1) is 0 Å². The first-order valence-corrected chi connectivity index (χ1v) is 9.71. The van der Waals surface area contributed by atoms with Crippen LogP contribution in [0.5, 0.6) is 17.4 Å². The monoisotopic (exact) mass is 420 g/mol. The van der Waals surface area contributed by atoms with Crippen molar-refractivity contribution < 1.29 is 23.0 Å². The van der Waals surface area contributed by atoms with E-state index in [1.54, 1.807) is 25.4 Å². The minimum atomic E-state index is -2.90. The Labute approximate surface area is 174 Å². The summed E-state index contributed by atoms with van der Waals surface area (Å²) in [6.07, 6.45) is 4.15. The Morgan fingerprint density at radius 2 is 2.00 bits per heavy atom. The van der Waals surface area contributed by atoms with Gasteiger partial charge in [0.05, 0.1) is 13.7 Å². The summed E-state index contributed by atoms with van der Waals surface area (Å²) in [6.45, 7) is -1.47. The van der Waals surface area contributed by atoms with Crippen LogP contribution in [0.25, 0.3) is 0 Å². The van der Waals surface area contributed by atoms with Crippen molar-refractivity contribution in [3.8, 4) is 17.4 Å². The molecule has 7 nitrogen and oxygen atoms in total. The number of ether oxygens (including phenoxy) is 3. The lowest BCUT2D eigenvalue weighted by molar-refractivity contribution is -0.0505. The summed E-state index contributed by atoms with van der Waals surface area (Å²) < 4.78 is 40.8. The van der Waals surface area contributed by atoms with E-state index in [1.165, 1.54) is 26.0 Å². The highest BCUT2D eigenvalue weighted by molar-refractivity contribution is 5.79. The van der Waals surface area contributed by atoms with Gasteiger partial charge in [-0.25, -0.2) is 4.98 Å². The van der Waals surface area contributed by atoms with Crippen molar-refractivity contribution in [2.75, 3.05) is 20.8 Å². The van der Waals surface area contributed by atoms with Crippen LogP contribution in [0.3, 0.4) is 0 Å². The molecule has 1 aromatic heterocycles. The lowest BCUT2D eigenvalue weighted by Crippen LogP contribution is -2.36. The van der Waals surface area contributed by atoms with Crippen LogP contribution < -0.4 is 24.8 Å². The minimum Gasteiger partial charge on any atom is -0.497 e. The van der Waals surface area contributed by atoms with Gasteiger partial charge < -0.3 is 24.8 Å². The predicted molar refractivity (Wildman–Crippen MR) is 109 cm³/mol. The highest BCUT2D eigenvalue weighted by Crippen LogP contribution is 2.29. The number of methoxy groups -OCH3 is 1. The quantitative estimate of drug-likeness (QED) is 0.454. The molecule has 0 spiro atoms. The molecule has 0 aliphatic heterocycles. The van der Waals surface area contributed by atoms with E-state index >= 15 is 0 Å². The fourth-order valence-electron chi connectivity index (χ4n) is 2.74. The van der Waals surface area contributed by atoms with Crippen molar-refractivity contribution in [1.29, 1.82) is 0 Å². The summed E-state index contributed by atoms with van der Waals surface area (Å²) in [7, 11) is 3.15. The van der Waals surface area contributed by atoms with Crippen LogP contribution in [-0.4, -0.2) is 38.3 Å². The minimum absolute atomic E-state index is 0.0836. The van der Waals surface area contributed by atoms with Crippen molar-refractivity contribution in [2.45, 2.75) is 32.5 Å². The van der Waals surface area contributed by atoms with Crippen molar-refractivity contribution in [1.82, 2.24) is 15.6 Å². The maximum Gasteiger partial charge on any atom is 0.387 e. The first-order valence-electron chi connectivity index (χ1n) is 9.71. The molecule has 0 amide bonds. The first kappa shape index (κ1) is 21.6. The average molecular weight is 420 g/mol. The number of hydrogen-bond acceptors (Lipinski definition) is 5. The third kappa shape index (κ3) is 6.75. The van der Waals surface area contributed by atoms with Gasteiger partial charge in [-0.3, -0.25) is 4.99 Å². The molecule has 1 saturated carbocycles. The van der Waals surface area contributed by atoms with E-state index < -0.39 is 6.61 Å². The van der Waals surface area contributed by atoms with Gasteiger partial charge in [0.2, 0.25) is 5.88 Å². The Balaban J connectivity index is 1.55. The molecule has 1 fully saturated rings. The molecule has 162 valence electrons. The summed E-state index contributed by atoms with van der Waals surface area (Å²) in [6, 6.07) is 8.45. The number of aliphatic imine (C=N–C) groups is 1. The summed E-state index contributed by atoms with van der Waals surface area (Å²) in [4.78, 5) is 8.40. The largest absolute Gasteiger partial charge is 0.497 e. The second-order valence-electron chi connectivity index (χ2n) is 6.89. The van der Waals surface area contributed by atoms with E-state index in [-0.39, 0.29) is 12.3 Å². The molecule has 1 aliphatic carbocycles. The Hall–Kier alpha value is -3.10. The van der Waals surface area contributed by atoms with E-state index in [4.69, 9.17) is 9.47 Å². The SMILES string of the molecule is CN=C(NCc1ccnc(OCC2CC2)c1)NCc1cc(OC)ccc1OC(F)F. The number of nitrogens with one attached hydrogen (secondary N) is 2. The zero-order valence-electron chi connectivity index (χ0n) is 17.0. The second kappa shape index (κ2) is 10.6. The van der Waals surface area contributed by atoms with Gasteiger partial charge >= 0.3 is 6.61 Å². The maximum absolute atomic E-state index is 12.7. The molecule has 0 bridgehead atoms. The maximum atomic E-state index is 12.7. The Bertz CT molecular complexity index is 860. The standard InChI is InChI=1S/C21H26F2N4O3/c1-24-21(26-11-15-7-8-25-19(9-15)29-13-14-3-4-14)27-12-16-10-17(28-2)5-6-18(16)30-20(22)23/h5-10,14,20H,3-4,11-13H2,1-2H3,(H2,24,26,27). The lowest BCUT2D eigenvalue weighted by Gasteiger charge is -2.15. The summed E-state index contributed by atoms with van der Waals surface area (Å²) in [5.41, 5.74) is 1.51. The van der Waals surface area contributed by atoms with E-state index in [9.17, 15) is 8.78 Å². The molecule has 3 rings (SSSR count). The van der Waals surface area contributed by atoms with Gasteiger partial charge in [0.25, 0.3) is 0 Å². The van der Waals surface area contributed by atoms with Crippen LogP contribution in [0.2, 0.25) is 0 Å². The predicted octanol–water partition coefficient (Wildman–Crippen LogP) is 3.35. The number of alkyl halides is 2. The highest BCUT2D eigenvalue weighted by Gasteiger charge is 2.22. The fourth-order valence-corrected chi connectivity index (χ4v) is 2.74. The van der Waals surface area contributed by atoms with Gasteiger partial charge in [0, 0.05) is 38.0 Å². The normalized spacial score (nSPS) is 13.8. The Morgan fingerprint density at radius 1 is 1.20 bits per heavy atom. The van der Waals surface area contributed by atoms with Gasteiger partial charge in [0.1, 0.15) is 11.5 Å². The van der Waals surface area contributed by atoms with Crippen LogP contribution in [0.1, 0.15) is 24.0 Å². The molecule has 0 unspecified atom stereocenters. The second-order valence-corrected chi connectivity index (χ2v) is 6.89. The molecule has 9 heteroatoms. The van der Waals surface area contributed by atoms with Crippen LogP contribution in [0.4, 0.5) is 8.78 Å². The third-order valence-electron chi connectivity index (χ3n) is 4.58. The van der Waals surface area contributed by atoms with Gasteiger partial charge in [-0.05, 0) is 48.6 Å². The average Bonchev–Trinajstić information content (AvgIpc) is 3.58. The molecule has 30 heavy (non-hydrogen) atoms.